The van der Waals surface area contributed by atoms with Gasteiger partial charge in [-0.2, -0.15) is 0 Å². The first kappa shape index (κ1) is 11.7. The third-order valence-electron chi connectivity index (χ3n) is 3.82. The van der Waals surface area contributed by atoms with Crippen LogP contribution in [0.5, 0.6) is 0 Å². The first-order chi connectivity index (χ1) is 9.74. The molecule has 4 rings (SSSR count). The number of aryl methyl sites for hydroxylation is 1. The second kappa shape index (κ2) is 4.21. The molecule has 20 heavy (non-hydrogen) atoms. The van der Waals surface area contributed by atoms with Gasteiger partial charge in [0.25, 0.3) is 5.56 Å². The van der Waals surface area contributed by atoms with Gasteiger partial charge in [-0.25, -0.2) is 9.50 Å². The van der Waals surface area contributed by atoms with E-state index in [1.165, 1.54) is 4.52 Å². The molecule has 100 valence electrons. The highest BCUT2D eigenvalue weighted by Crippen LogP contribution is 2.26. The lowest BCUT2D eigenvalue weighted by Gasteiger charge is -2.02. The van der Waals surface area contributed by atoms with E-state index in [1.807, 2.05) is 30.5 Å². The Kier molecular flexibility index (Phi) is 2.47. The SMILES string of the molecule is O=c1c2c(nc3c(-c4cccc(Cl)c4)c[nH]n13)CCC2. The number of aromatic amines is 1. The Balaban J connectivity index is 2.03. The molecule has 0 atom stereocenters. The van der Waals surface area contributed by atoms with Crippen molar-refractivity contribution in [1.29, 1.82) is 0 Å². The summed E-state index contributed by atoms with van der Waals surface area (Å²) in [6.45, 7) is 0. The van der Waals surface area contributed by atoms with E-state index in [1.54, 1.807) is 0 Å². The lowest BCUT2D eigenvalue weighted by atomic mass is 10.1. The maximum Gasteiger partial charge on any atom is 0.276 e. The zero-order chi connectivity index (χ0) is 13.7. The molecule has 0 radical (unpaired) electrons. The molecule has 1 aliphatic carbocycles. The maximum atomic E-state index is 12.4. The van der Waals surface area contributed by atoms with Crippen LogP contribution in [0.4, 0.5) is 0 Å². The van der Waals surface area contributed by atoms with E-state index in [4.69, 9.17) is 11.6 Å². The van der Waals surface area contributed by atoms with E-state index >= 15 is 0 Å². The van der Waals surface area contributed by atoms with Crippen LogP contribution in [-0.2, 0) is 12.8 Å². The fraction of sp³-hybridized carbons (Fsp3) is 0.200. The molecule has 1 N–H and O–H groups in total. The van der Waals surface area contributed by atoms with Crippen LogP contribution in [0.1, 0.15) is 17.7 Å². The fourth-order valence-corrected chi connectivity index (χ4v) is 3.04. The van der Waals surface area contributed by atoms with Crippen LogP contribution >= 0.6 is 11.6 Å². The minimum absolute atomic E-state index is 0.0239. The van der Waals surface area contributed by atoms with Crippen LogP contribution in [0.25, 0.3) is 16.8 Å². The smallest absolute Gasteiger partial charge is 0.276 e. The summed E-state index contributed by atoms with van der Waals surface area (Å²) in [7, 11) is 0. The summed E-state index contributed by atoms with van der Waals surface area (Å²) in [6, 6.07) is 7.57. The van der Waals surface area contributed by atoms with E-state index in [-0.39, 0.29) is 5.56 Å². The number of halogens is 1. The van der Waals surface area contributed by atoms with Gasteiger partial charge in [-0.05, 0) is 37.0 Å². The molecule has 0 aliphatic heterocycles. The van der Waals surface area contributed by atoms with Crippen LogP contribution in [-0.4, -0.2) is 14.6 Å². The number of rotatable bonds is 1. The Morgan fingerprint density at radius 3 is 3.05 bits per heavy atom. The van der Waals surface area contributed by atoms with E-state index in [9.17, 15) is 4.79 Å². The lowest BCUT2D eigenvalue weighted by molar-refractivity contribution is 0.870. The van der Waals surface area contributed by atoms with Gasteiger partial charge in [-0.1, -0.05) is 23.7 Å². The largest absolute Gasteiger partial charge is 0.296 e. The van der Waals surface area contributed by atoms with Crippen LogP contribution in [0.2, 0.25) is 5.02 Å². The molecule has 5 heteroatoms. The maximum absolute atomic E-state index is 12.4. The number of nitrogens with zero attached hydrogens (tertiary/aromatic N) is 2. The molecule has 4 nitrogen and oxygen atoms in total. The molecule has 2 aromatic heterocycles. The summed E-state index contributed by atoms with van der Waals surface area (Å²) in [4.78, 5) is 17.1. The Morgan fingerprint density at radius 1 is 1.30 bits per heavy atom. The standard InChI is InChI=1S/C15H12ClN3O/c16-10-4-1-3-9(7-10)12-8-17-19-14(12)18-13-6-2-5-11(13)15(19)20/h1,3-4,7-8,17H,2,5-6H2. The minimum Gasteiger partial charge on any atom is -0.296 e. The van der Waals surface area contributed by atoms with Crippen LogP contribution < -0.4 is 5.56 Å². The summed E-state index contributed by atoms with van der Waals surface area (Å²) >= 11 is 6.04. The minimum atomic E-state index is 0.0239. The molecule has 0 amide bonds. The molecule has 0 saturated carbocycles. The number of aromatic nitrogens is 3. The highest BCUT2D eigenvalue weighted by atomic mass is 35.5. The summed E-state index contributed by atoms with van der Waals surface area (Å²) in [5.41, 5.74) is 4.36. The average Bonchev–Trinajstić information content (AvgIpc) is 3.05. The van der Waals surface area contributed by atoms with Crippen molar-refractivity contribution in [2.75, 3.05) is 0 Å². The van der Waals surface area contributed by atoms with Crippen molar-refractivity contribution in [3.8, 4) is 11.1 Å². The highest BCUT2D eigenvalue weighted by molar-refractivity contribution is 6.30. The number of hydrogen-bond donors (Lipinski definition) is 1. The van der Waals surface area contributed by atoms with Crippen LogP contribution in [0.15, 0.2) is 35.3 Å². The monoisotopic (exact) mass is 285 g/mol. The van der Waals surface area contributed by atoms with Gasteiger partial charge in [0.1, 0.15) is 0 Å². The van der Waals surface area contributed by atoms with Gasteiger partial charge in [0, 0.05) is 22.3 Å². The average molecular weight is 286 g/mol. The number of fused-ring (bicyclic) bond motifs is 2. The number of H-pyrrole nitrogens is 1. The van der Waals surface area contributed by atoms with Gasteiger partial charge in [0.15, 0.2) is 5.65 Å². The van der Waals surface area contributed by atoms with Crippen LogP contribution in [0, 0.1) is 0 Å². The van der Waals surface area contributed by atoms with E-state index in [0.29, 0.717) is 10.7 Å². The Labute approximate surface area is 120 Å². The molecule has 0 saturated heterocycles. The van der Waals surface area contributed by atoms with Gasteiger partial charge in [-0.3, -0.25) is 9.89 Å². The van der Waals surface area contributed by atoms with E-state index < -0.39 is 0 Å². The second-order valence-corrected chi connectivity index (χ2v) is 5.49. The zero-order valence-corrected chi connectivity index (χ0v) is 11.4. The van der Waals surface area contributed by atoms with E-state index in [2.05, 4.69) is 10.1 Å². The van der Waals surface area contributed by atoms with Crippen molar-refractivity contribution in [3.05, 3.63) is 57.1 Å². The first-order valence-corrected chi connectivity index (χ1v) is 6.99. The molecular formula is C15H12ClN3O. The van der Waals surface area contributed by atoms with Gasteiger partial charge >= 0.3 is 0 Å². The Hall–Kier alpha value is -2.07. The predicted octanol–water partition coefficient (Wildman–Crippen LogP) is 2.83. The molecule has 1 aliphatic rings. The van der Waals surface area contributed by atoms with Crippen molar-refractivity contribution in [2.45, 2.75) is 19.3 Å². The summed E-state index contributed by atoms with van der Waals surface area (Å²) < 4.78 is 1.53. The lowest BCUT2D eigenvalue weighted by Crippen LogP contribution is -2.20. The zero-order valence-electron chi connectivity index (χ0n) is 10.7. The molecule has 0 spiro atoms. The molecule has 0 fully saturated rings. The Morgan fingerprint density at radius 2 is 2.20 bits per heavy atom. The predicted molar refractivity (Wildman–Crippen MR) is 78.3 cm³/mol. The van der Waals surface area contributed by atoms with Gasteiger partial charge < -0.3 is 0 Å². The van der Waals surface area contributed by atoms with E-state index in [0.717, 1.165) is 41.6 Å². The van der Waals surface area contributed by atoms with Crippen LogP contribution in [0.3, 0.4) is 0 Å². The van der Waals surface area contributed by atoms with Crippen molar-refractivity contribution in [1.82, 2.24) is 14.6 Å². The topological polar surface area (TPSA) is 50.2 Å². The summed E-state index contributed by atoms with van der Waals surface area (Å²) in [5, 5.41) is 3.67. The van der Waals surface area contributed by atoms with Crippen molar-refractivity contribution in [3.63, 3.8) is 0 Å². The normalized spacial score (nSPS) is 13.8. The van der Waals surface area contributed by atoms with Gasteiger partial charge in [0.05, 0.1) is 5.69 Å². The molecule has 2 heterocycles. The van der Waals surface area contributed by atoms with Crippen molar-refractivity contribution < 1.29 is 0 Å². The first-order valence-electron chi connectivity index (χ1n) is 6.62. The second-order valence-electron chi connectivity index (χ2n) is 5.05. The molecular weight excluding hydrogens is 274 g/mol. The summed E-state index contributed by atoms with van der Waals surface area (Å²) in [6.07, 6.45) is 4.54. The van der Waals surface area contributed by atoms with Crippen molar-refractivity contribution in [2.24, 2.45) is 0 Å². The molecule has 0 bridgehead atoms. The van der Waals surface area contributed by atoms with Gasteiger partial charge in [-0.15, -0.1) is 0 Å². The fourth-order valence-electron chi connectivity index (χ4n) is 2.85. The number of benzene rings is 1. The third-order valence-corrected chi connectivity index (χ3v) is 4.05. The quantitative estimate of drug-likeness (QED) is 0.747. The number of hydrogen-bond acceptors (Lipinski definition) is 2. The highest BCUT2D eigenvalue weighted by Gasteiger charge is 2.20. The third kappa shape index (κ3) is 1.61. The molecule has 3 aromatic rings. The van der Waals surface area contributed by atoms with Crippen molar-refractivity contribution >= 4 is 17.2 Å². The number of nitrogens with one attached hydrogen (secondary N) is 1. The molecule has 0 unspecified atom stereocenters. The summed E-state index contributed by atoms with van der Waals surface area (Å²) in [5.74, 6) is 0. The van der Waals surface area contributed by atoms with Gasteiger partial charge in [0.2, 0.25) is 0 Å². The molecule has 1 aromatic carbocycles. The Bertz CT molecular complexity index is 878.